The van der Waals surface area contributed by atoms with Crippen LogP contribution in [-0.2, 0) is 34.1 Å². The molecule has 0 aliphatic carbocycles. The molecule has 0 saturated carbocycles. The van der Waals surface area contributed by atoms with Crippen molar-refractivity contribution in [3.8, 4) is 0 Å². The zero-order valence-corrected chi connectivity index (χ0v) is 31.3. The second-order valence-corrected chi connectivity index (χ2v) is 14.6. The Morgan fingerprint density at radius 3 is 2.06 bits per heavy atom. The summed E-state index contributed by atoms with van der Waals surface area (Å²) < 4.78 is 36.6. The fraction of sp³-hybridized carbons (Fsp3) is 0.639. The number of amides is 3. The Kier molecular flexibility index (Phi) is 15.7. The van der Waals surface area contributed by atoms with E-state index in [1.165, 1.54) is 7.11 Å². The molecule has 50 heavy (non-hydrogen) atoms. The van der Waals surface area contributed by atoms with Gasteiger partial charge in [-0.1, -0.05) is 84.4 Å². The lowest BCUT2D eigenvalue weighted by molar-refractivity contribution is -0.192. The number of carbonyl (C=O) groups excluding carboxylic acids is 4. The molecule has 3 amide bonds. The van der Waals surface area contributed by atoms with Crippen molar-refractivity contribution in [3.05, 3.63) is 47.0 Å². The van der Waals surface area contributed by atoms with Gasteiger partial charge in [-0.05, 0) is 50.6 Å². The average Bonchev–Trinajstić information content (AvgIpc) is 3.50. The van der Waals surface area contributed by atoms with Gasteiger partial charge in [-0.2, -0.15) is 13.2 Å². The molecule has 282 valence electrons. The van der Waals surface area contributed by atoms with Crippen LogP contribution in [0.15, 0.2) is 35.9 Å². The normalized spacial score (nSPS) is 17.2. The molecule has 1 fully saturated rings. The molecule has 0 radical (unpaired) electrons. The maximum atomic E-state index is 14.1. The summed E-state index contributed by atoms with van der Waals surface area (Å²) in [5.74, 6) is -3.94. The van der Waals surface area contributed by atoms with E-state index in [1.807, 2.05) is 73.6 Å². The van der Waals surface area contributed by atoms with Crippen molar-refractivity contribution < 1.29 is 47.0 Å². The molecule has 1 aliphatic heterocycles. The van der Waals surface area contributed by atoms with Crippen molar-refractivity contribution in [3.63, 3.8) is 0 Å². The topological polar surface area (TPSA) is 145 Å². The molecule has 14 heteroatoms. The highest BCUT2D eigenvalue weighted by atomic mass is 19.4. The molecule has 0 spiro atoms. The number of methoxy groups -OCH3 is 1. The summed E-state index contributed by atoms with van der Waals surface area (Å²) >= 11 is 0. The van der Waals surface area contributed by atoms with Crippen LogP contribution in [0.2, 0.25) is 0 Å². The van der Waals surface area contributed by atoms with Gasteiger partial charge in [-0.25, -0.2) is 9.59 Å². The minimum Gasteiger partial charge on any atom is -0.475 e. The first-order chi connectivity index (χ1) is 22.8. The van der Waals surface area contributed by atoms with E-state index in [9.17, 15) is 32.3 Å². The second kappa shape index (κ2) is 17.8. The largest absolute Gasteiger partial charge is 0.490 e. The molecule has 1 aliphatic rings. The lowest BCUT2D eigenvalue weighted by atomic mass is 9.76. The smallest absolute Gasteiger partial charge is 0.475 e. The third kappa shape index (κ3) is 11.6. The summed E-state index contributed by atoms with van der Waals surface area (Å²) in [5.41, 5.74) is 1.44. The molecule has 2 rings (SSSR count). The molecule has 1 saturated heterocycles. The van der Waals surface area contributed by atoms with Crippen molar-refractivity contribution >= 4 is 29.7 Å². The zero-order chi connectivity index (χ0) is 38.9. The number of halogens is 3. The van der Waals surface area contributed by atoms with Gasteiger partial charge in [-0.3, -0.25) is 14.4 Å². The summed E-state index contributed by atoms with van der Waals surface area (Å²) in [5, 5.41) is 13.4. The van der Waals surface area contributed by atoms with Crippen LogP contribution in [0.3, 0.4) is 0 Å². The van der Waals surface area contributed by atoms with Crippen LogP contribution in [0.1, 0.15) is 79.4 Å². The number of nitrogens with zero attached hydrogens (tertiary/aromatic N) is 2. The van der Waals surface area contributed by atoms with E-state index in [2.05, 4.69) is 16.7 Å². The molecule has 1 aromatic carbocycles. The first-order valence-corrected chi connectivity index (χ1v) is 16.5. The highest BCUT2D eigenvalue weighted by Crippen LogP contribution is 2.30. The quantitative estimate of drug-likeness (QED) is 0.223. The number of aliphatic carboxylic acids is 1. The van der Waals surface area contributed by atoms with Gasteiger partial charge in [0.05, 0.1) is 19.2 Å². The van der Waals surface area contributed by atoms with Gasteiger partial charge in [0.15, 0.2) is 0 Å². The van der Waals surface area contributed by atoms with E-state index in [-0.39, 0.29) is 23.6 Å². The lowest BCUT2D eigenvalue weighted by Crippen LogP contribution is -2.61. The van der Waals surface area contributed by atoms with Gasteiger partial charge in [0.1, 0.15) is 12.1 Å². The standard InChI is InChI=1S/C34H54N4O5.C2HF3O2/c1-21(2)26(20-23(4)30(40)38-18-14-17-25(38)32(42)43-12)37(11)31(41)28(33(5,6)7)36-29(39)27(35-10)34(8,9)24-16-13-15-22(3)19-24;3-2(4,5)1(6)7/h13,15-16,19-21,25-28,35H,14,17-18H2,1-12H3,(H,36,39);(H,6,7)/b23-20+;/t25-,26+,27+,28+;/m0./s1. The third-order valence-electron chi connectivity index (χ3n) is 8.90. The fourth-order valence-corrected chi connectivity index (χ4v) is 5.95. The van der Waals surface area contributed by atoms with Crippen LogP contribution in [0, 0.1) is 18.3 Å². The van der Waals surface area contributed by atoms with Crippen molar-refractivity contribution in [2.75, 3.05) is 27.7 Å². The number of aryl methyl sites for hydroxylation is 1. The Morgan fingerprint density at radius 2 is 1.62 bits per heavy atom. The zero-order valence-electron chi connectivity index (χ0n) is 31.3. The molecule has 0 aromatic heterocycles. The van der Waals surface area contributed by atoms with Crippen molar-refractivity contribution in [2.45, 2.75) is 111 Å². The Hall–Kier alpha value is -3.94. The third-order valence-corrected chi connectivity index (χ3v) is 8.90. The van der Waals surface area contributed by atoms with E-state index in [4.69, 9.17) is 14.6 Å². The lowest BCUT2D eigenvalue weighted by Gasteiger charge is -2.40. The van der Waals surface area contributed by atoms with Crippen molar-refractivity contribution in [1.82, 2.24) is 20.4 Å². The van der Waals surface area contributed by atoms with Gasteiger partial charge >= 0.3 is 18.1 Å². The number of likely N-dealkylation sites (tertiary alicyclic amines) is 1. The number of esters is 1. The SMILES string of the molecule is CN[C@H](C(=O)N[C@H](C(=O)N(C)[C@H](/C=C(\C)C(=O)N1CCC[C@H]1C(=O)OC)C(C)C)C(C)(C)C)C(C)(C)c1cccc(C)c1.O=C(O)C(F)(F)F. The maximum Gasteiger partial charge on any atom is 0.490 e. The number of benzene rings is 1. The van der Waals surface area contributed by atoms with Crippen LogP contribution >= 0.6 is 0 Å². The molecule has 3 N–H and O–H groups in total. The molecule has 11 nitrogen and oxygen atoms in total. The van der Waals surface area contributed by atoms with Crippen LogP contribution in [0.25, 0.3) is 0 Å². The minimum absolute atomic E-state index is 0.0201. The van der Waals surface area contributed by atoms with Gasteiger partial charge in [-0.15, -0.1) is 0 Å². The Balaban J connectivity index is 0.00000161. The van der Waals surface area contributed by atoms with Crippen LogP contribution in [0.5, 0.6) is 0 Å². The van der Waals surface area contributed by atoms with E-state index >= 15 is 0 Å². The molecule has 0 bridgehead atoms. The van der Waals surface area contributed by atoms with Gasteiger partial charge < -0.3 is 30.3 Å². The number of nitrogens with one attached hydrogen (secondary N) is 2. The van der Waals surface area contributed by atoms with Crippen molar-refractivity contribution in [2.24, 2.45) is 11.3 Å². The van der Waals surface area contributed by atoms with E-state index in [1.54, 1.807) is 36.9 Å². The number of carbonyl (C=O) groups is 5. The maximum absolute atomic E-state index is 14.1. The average molecular weight is 713 g/mol. The summed E-state index contributed by atoms with van der Waals surface area (Å²) in [6.45, 7) is 18.0. The van der Waals surface area contributed by atoms with Gasteiger partial charge in [0.25, 0.3) is 0 Å². The van der Waals surface area contributed by atoms with Crippen LogP contribution < -0.4 is 10.6 Å². The fourth-order valence-electron chi connectivity index (χ4n) is 5.95. The van der Waals surface area contributed by atoms with E-state index in [0.29, 0.717) is 18.5 Å². The predicted octanol–water partition coefficient (Wildman–Crippen LogP) is 4.62. The van der Waals surface area contributed by atoms with E-state index < -0.39 is 53.1 Å². The molecular weight excluding hydrogens is 657 g/mol. The van der Waals surface area contributed by atoms with Crippen LogP contribution in [0.4, 0.5) is 13.2 Å². The van der Waals surface area contributed by atoms with Crippen LogP contribution in [-0.4, -0.2) is 103 Å². The number of carboxylic acid groups (broad SMARTS) is 1. The van der Waals surface area contributed by atoms with Gasteiger partial charge in [0, 0.05) is 24.6 Å². The predicted molar refractivity (Wildman–Crippen MR) is 184 cm³/mol. The first kappa shape index (κ1) is 44.1. The summed E-state index contributed by atoms with van der Waals surface area (Å²) in [6, 6.07) is 5.68. The second-order valence-electron chi connectivity index (χ2n) is 14.6. The van der Waals surface area contributed by atoms with Gasteiger partial charge in [0.2, 0.25) is 17.7 Å². The minimum atomic E-state index is -5.08. The Morgan fingerprint density at radius 1 is 1.06 bits per heavy atom. The molecule has 1 aromatic rings. The molecule has 0 unspecified atom stereocenters. The number of hydrogen-bond acceptors (Lipinski definition) is 7. The molecule has 1 heterocycles. The number of carboxylic acids is 1. The number of rotatable bonds is 11. The summed E-state index contributed by atoms with van der Waals surface area (Å²) in [7, 11) is 4.80. The number of ether oxygens (including phenoxy) is 1. The monoisotopic (exact) mass is 712 g/mol. The van der Waals surface area contributed by atoms with E-state index in [0.717, 1.165) is 17.5 Å². The molecular formula is C36H55F3N4O7. The first-order valence-electron chi connectivity index (χ1n) is 16.5. The highest BCUT2D eigenvalue weighted by molar-refractivity contribution is 5.96. The number of hydrogen-bond donors (Lipinski definition) is 3. The number of alkyl halides is 3. The van der Waals surface area contributed by atoms with Crippen molar-refractivity contribution in [1.29, 1.82) is 0 Å². The summed E-state index contributed by atoms with van der Waals surface area (Å²) in [6.07, 6.45) is -1.98. The Bertz CT molecular complexity index is 1400. The Labute approximate surface area is 294 Å². The molecule has 4 atom stereocenters. The highest BCUT2D eigenvalue weighted by Gasteiger charge is 2.42. The summed E-state index contributed by atoms with van der Waals surface area (Å²) in [4.78, 5) is 65.7. The number of likely N-dealkylation sites (N-methyl/N-ethyl adjacent to an activating group) is 2.